The van der Waals surface area contributed by atoms with E-state index in [1.165, 1.54) is 11.3 Å². The summed E-state index contributed by atoms with van der Waals surface area (Å²) < 4.78 is 16.5. The number of benzene rings is 1. The van der Waals surface area contributed by atoms with Gasteiger partial charge in [0.1, 0.15) is 11.2 Å². The van der Waals surface area contributed by atoms with Crippen LogP contribution in [0.5, 0.6) is 11.5 Å². The number of nitrogens with one attached hydrogen (secondary N) is 2. The number of hydrogen-bond acceptors (Lipinski definition) is 7. The third kappa shape index (κ3) is 4.14. The molecular formula is C22H27N3O5S. The van der Waals surface area contributed by atoms with Gasteiger partial charge in [-0.15, -0.1) is 11.3 Å². The topological polar surface area (TPSA) is 89.1 Å². The molecule has 166 valence electrons. The second kappa shape index (κ2) is 9.05. The van der Waals surface area contributed by atoms with Crippen LogP contribution in [0.25, 0.3) is 0 Å². The van der Waals surface area contributed by atoms with Crippen LogP contribution in [-0.4, -0.2) is 43.3 Å². The molecule has 1 aromatic carbocycles. The molecule has 9 heteroatoms. The standard InChI is InChI=1S/C22H27N3O5S/c1-4-28-15-8-7-13(11-16(15)29-5-2)19-23-20(26)18-14-9-10-25(22(27)30-6-3)12-17(14)31-21(18)24-19/h7-8,11,19,24H,4-6,9-10,12H2,1-3H3,(H,23,26)/t19-/m0/s1. The molecule has 0 aliphatic carbocycles. The van der Waals surface area contributed by atoms with E-state index in [-0.39, 0.29) is 18.2 Å². The quantitative estimate of drug-likeness (QED) is 0.701. The summed E-state index contributed by atoms with van der Waals surface area (Å²) in [6.45, 7) is 8.06. The number of thiophene rings is 1. The van der Waals surface area contributed by atoms with Gasteiger partial charge in [-0.3, -0.25) is 4.79 Å². The largest absolute Gasteiger partial charge is 0.490 e. The van der Waals surface area contributed by atoms with Crippen LogP contribution in [0.4, 0.5) is 9.80 Å². The highest BCUT2D eigenvalue weighted by molar-refractivity contribution is 7.16. The molecule has 2 aromatic rings. The van der Waals surface area contributed by atoms with Crippen molar-refractivity contribution in [2.45, 2.75) is 39.9 Å². The third-order valence-corrected chi connectivity index (χ3v) is 6.41. The van der Waals surface area contributed by atoms with E-state index in [1.54, 1.807) is 11.8 Å². The summed E-state index contributed by atoms with van der Waals surface area (Å²) in [5.41, 5.74) is 2.59. The maximum atomic E-state index is 13.0. The van der Waals surface area contributed by atoms with Crippen LogP contribution in [-0.2, 0) is 17.7 Å². The number of rotatable bonds is 6. The summed E-state index contributed by atoms with van der Waals surface area (Å²) in [6, 6.07) is 5.68. The van der Waals surface area contributed by atoms with Crippen molar-refractivity contribution in [2.24, 2.45) is 0 Å². The van der Waals surface area contributed by atoms with Gasteiger partial charge < -0.3 is 29.7 Å². The summed E-state index contributed by atoms with van der Waals surface area (Å²) in [7, 11) is 0. The zero-order valence-electron chi connectivity index (χ0n) is 17.9. The molecule has 2 N–H and O–H groups in total. The van der Waals surface area contributed by atoms with E-state index < -0.39 is 0 Å². The summed E-state index contributed by atoms with van der Waals surface area (Å²) in [6.07, 6.45) is -0.0547. The number of nitrogens with zero attached hydrogens (tertiary/aromatic N) is 1. The Kier molecular flexibility index (Phi) is 6.22. The van der Waals surface area contributed by atoms with Crippen LogP contribution in [0.1, 0.15) is 53.3 Å². The molecule has 2 amide bonds. The summed E-state index contributed by atoms with van der Waals surface area (Å²) in [5.74, 6) is 1.23. The fourth-order valence-corrected chi connectivity index (χ4v) is 5.19. The number of carbonyl (C=O) groups is 2. The molecule has 0 unspecified atom stereocenters. The number of hydrogen-bond donors (Lipinski definition) is 2. The zero-order valence-corrected chi connectivity index (χ0v) is 18.8. The summed E-state index contributed by atoms with van der Waals surface area (Å²) in [4.78, 5) is 27.8. The molecule has 8 nitrogen and oxygen atoms in total. The van der Waals surface area contributed by atoms with Crippen molar-refractivity contribution in [1.82, 2.24) is 10.2 Å². The minimum Gasteiger partial charge on any atom is -0.490 e. The molecule has 31 heavy (non-hydrogen) atoms. The van der Waals surface area contributed by atoms with Crippen LogP contribution in [0, 0.1) is 0 Å². The lowest BCUT2D eigenvalue weighted by atomic mass is 10.0. The molecule has 0 bridgehead atoms. The number of carbonyl (C=O) groups excluding carboxylic acids is 2. The smallest absolute Gasteiger partial charge is 0.410 e. The van der Waals surface area contributed by atoms with E-state index in [0.29, 0.717) is 56.4 Å². The van der Waals surface area contributed by atoms with Crippen molar-refractivity contribution in [3.8, 4) is 11.5 Å². The lowest BCUT2D eigenvalue weighted by Gasteiger charge is -2.28. The lowest BCUT2D eigenvalue weighted by molar-refractivity contribution is 0.0934. The molecule has 3 heterocycles. The number of amides is 2. The van der Waals surface area contributed by atoms with Gasteiger partial charge in [0.2, 0.25) is 0 Å². The Hall–Kier alpha value is -2.94. The van der Waals surface area contributed by atoms with Crippen LogP contribution in [0.3, 0.4) is 0 Å². The van der Waals surface area contributed by atoms with E-state index in [4.69, 9.17) is 14.2 Å². The van der Waals surface area contributed by atoms with E-state index >= 15 is 0 Å². The minimum absolute atomic E-state index is 0.104. The average Bonchev–Trinajstić information content (AvgIpc) is 3.13. The summed E-state index contributed by atoms with van der Waals surface area (Å²) in [5, 5.41) is 7.33. The Morgan fingerprint density at radius 2 is 1.90 bits per heavy atom. The fourth-order valence-electron chi connectivity index (χ4n) is 3.90. The SMILES string of the molecule is CCOC(=O)N1CCc2c(sc3c2C(=O)N[C@H](c2ccc(OCC)c(OCC)c2)N3)C1. The predicted molar refractivity (Wildman–Crippen MR) is 118 cm³/mol. The van der Waals surface area contributed by atoms with Crippen LogP contribution >= 0.6 is 11.3 Å². The molecule has 0 saturated carbocycles. The molecular weight excluding hydrogens is 418 g/mol. The van der Waals surface area contributed by atoms with E-state index in [1.807, 2.05) is 32.0 Å². The minimum atomic E-state index is -0.379. The maximum Gasteiger partial charge on any atom is 0.410 e. The van der Waals surface area contributed by atoms with Gasteiger partial charge in [0.25, 0.3) is 5.91 Å². The molecule has 0 radical (unpaired) electrons. The van der Waals surface area contributed by atoms with Crippen molar-refractivity contribution in [1.29, 1.82) is 0 Å². The Balaban J connectivity index is 1.58. The van der Waals surface area contributed by atoms with Gasteiger partial charge >= 0.3 is 6.09 Å². The molecule has 0 saturated heterocycles. The molecule has 1 aromatic heterocycles. The number of anilines is 1. The Bertz CT molecular complexity index is 990. The van der Waals surface area contributed by atoms with Crippen molar-refractivity contribution in [2.75, 3.05) is 31.7 Å². The van der Waals surface area contributed by atoms with Crippen LogP contribution in [0.15, 0.2) is 18.2 Å². The molecule has 0 fully saturated rings. The van der Waals surface area contributed by atoms with E-state index in [0.717, 1.165) is 21.0 Å². The molecule has 0 spiro atoms. The Morgan fingerprint density at radius 1 is 1.13 bits per heavy atom. The highest BCUT2D eigenvalue weighted by Gasteiger charge is 2.34. The van der Waals surface area contributed by atoms with Gasteiger partial charge in [-0.25, -0.2) is 4.79 Å². The Morgan fingerprint density at radius 3 is 2.65 bits per heavy atom. The first kappa shape index (κ1) is 21.3. The second-order valence-corrected chi connectivity index (χ2v) is 8.31. The highest BCUT2D eigenvalue weighted by Crippen LogP contribution is 2.41. The van der Waals surface area contributed by atoms with Crippen molar-refractivity contribution in [3.63, 3.8) is 0 Å². The van der Waals surface area contributed by atoms with Crippen LogP contribution in [0.2, 0.25) is 0 Å². The summed E-state index contributed by atoms with van der Waals surface area (Å²) >= 11 is 1.53. The molecule has 2 aliphatic rings. The van der Waals surface area contributed by atoms with Crippen molar-refractivity contribution in [3.05, 3.63) is 39.8 Å². The Labute approximate surface area is 185 Å². The maximum absolute atomic E-state index is 13.0. The van der Waals surface area contributed by atoms with E-state index in [2.05, 4.69) is 10.6 Å². The van der Waals surface area contributed by atoms with Crippen molar-refractivity contribution < 1.29 is 23.8 Å². The fraction of sp³-hybridized carbons (Fsp3) is 0.455. The monoisotopic (exact) mass is 445 g/mol. The lowest BCUT2D eigenvalue weighted by Crippen LogP contribution is -2.39. The highest BCUT2D eigenvalue weighted by atomic mass is 32.1. The average molecular weight is 446 g/mol. The number of ether oxygens (including phenoxy) is 3. The normalized spacial score (nSPS) is 17.2. The first-order chi connectivity index (χ1) is 15.0. The first-order valence-electron chi connectivity index (χ1n) is 10.6. The first-order valence-corrected chi connectivity index (χ1v) is 11.4. The molecule has 1 atom stereocenters. The van der Waals surface area contributed by atoms with Crippen molar-refractivity contribution >= 4 is 28.3 Å². The van der Waals surface area contributed by atoms with Gasteiger partial charge in [0, 0.05) is 11.4 Å². The van der Waals surface area contributed by atoms with Crippen LogP contribution < -0.4 is 20.1 Å². The predicted octanol–water partition coefficient (Wildman–Crippen LogP) is 3.91. The molecule has 4 rings (SSSR count). The molecule has 2 aliphatic heterocycles. The van der Waals surface area contributed by atoms with Gasteiger partial charge in [0.05, 0.1) is 31.9 Å². The van der Waals surface area contributed by atoms with E-state index in [9.17, 15) is 9.59 Å². The van der Waals surface area contributed by atoms with Gasteiger partial charge in [-0.2, -0.15) is 0 Å². The van der Waals surface area contributed by atoms with Gasteiger partial charge in [0.15, 0.2) is 11.5 Å². The number of fused-ring (bicyclic) bond motifs is 3. The zero-order chi connectivity index (χ0) is 22.0. The third-order valence-electron chi connectivity index (χ3n) is 5.26. The second-order valence-electron chi connectivity index (χ2n) is 7.20. The van der Waals surface area contributed by atoms with Gasteiger partial charge in [-0.05, 0) is 50.5 Å². The van der Waals surface area contributed by atoms with Gasteiger partial charge in [-0.1, -0.05) is 6.07 Å².